The van der Waals surface area contributed by atoms with E-state index in [1.54, 1.807) is 29.3 Å². The highest BCUT2D eigenvalue weighted by Gasteiger charge is 2.35. The van der Waals surface area contributed by atoms with Gasteiger partial charge in [-0.2, -0.15) is 0 Å². The SMILES string of the molecule is CC1CCN(C(=O)c2cnc3ccccn3c2=O)C1CO. The van der Waals surface area contributed by atoms with Gasteiger partial charge in [0.2, 0.25) is 0 Å². The van der Waals surface area contributed by atoms with Gasteiger partial charge in [-0.3, -0.25) is 14.0 Å². The molecule has 2 aromatic heterocycles. The maximum absolute atomic E-state index is 12.6. The molecule has 21 heavy (non-hydrogen) atoms. The maximum atomic E-state index is 12.6. The van der Waals surface area contributed by atoms with Crippen LogP contribution >= 0.6 is 0 Å². The molecule has 3 rings (SSSR count). The molecule has 1 fully saturated rings. The van der Waals surface area contributed by atoms with Gasteiger partial charge in [0.15, 0.2) is 0 Å². The minimum Gasteiger partial charge on any atom is -0.394 e. The highest BCUT2D eigenvalue weighted by atomic mass is 16.3. The predicted molar refractivity (Wildman–Crippen MR) is 77.2 cm³/mol. The van der Waals surface area contributed by atoms with Gasteiger partial charge >= 0.3 is 0 Å². The molecule has 1 aliphatic rings. The second-order valence-corrected chi connectivity index (χ2v) is 5.42. The number of aromatic nitrogens is 2. The third kappa shape index (κ3) is 2.21. The summed E-state index contributed by atoms with van der Waals surface area (Å²) in [6, 6.07) is 4.99. The van der Waals surface area contributed by atoms with Crippen molar-refractivity contribution < 1.29 is 9.90 Å². The number of pyridine rings is 1. The number of carbonyl (C=O) groups excluding carboxylic acids is 1. The standard InChI is InChI=1S/C15H17N3O3/c1-10-5-7-17(12(10)9-19)14(20)11-8-16-13-4-2-3-6-18(13)15(11)21/h2-4,6,8,10,12,19H,5,7,9H2,1H3. The smallest absolute Gasteiger partial charge is 0.270 e. The fraction of sp³-hybridized carbons (Fsp3) is 0.400. The minimum absolute atomic E-state index is 0.0475. The molecule has 1 aliphatic heterocycles. The van der Waals surface area contributed by atoms with Crippen LogP contribution in [0.1, 0.15) is 23.7 Å². The lowest BCUT2D eigenvalue weighted by molar-refractivity contribution is 0.0646. The number of likely N-dealkylation sites (tertiary alicyclic amines) is 1. The molecule has 0 aromatic carbocycles. The van der Waals surface area contributed by atoms with E-state index in [4.69, 9.17) is 0 Å². The van der Waals surface area contributed by atoms with Gasteiger partial charge in [-0.25, -0.2) is 4.98 Å². The average molecular weight is 287 g/mol. The van der Waals surface area contributed by atoms with E-state index in [0.29, 0.717) is 12.2 Å². The first-order valence-electron chi connectivity index (χ1n) is 7.01. The van der Waals surface area contributed by atoms with Crippen molar-refractivity contribution in [2.24, 2.45) is 5.92 Å². The summed E-state index contributed by atoms with van der Waals surface area (Å²) >= 11 is 0. The third-order valence-electron chi connectivity index (χ3n) is 4.17. The molecule has 2 unspecified atom stereocenters. The molecule has 2 atom stereocenters. The van der Waals surface area contributed by atoms with Gasteiger partial charge in [-0.1, -0.05) is 13.0 Å². The monoisotopic (exact) mass is 287 g/mol. The number of hydrogen-bond acceptors (Lipinski definition) is 4. The zero-order valence-corrected chi connectivity index (χ0v) is 11.8. The quantitative estimate of drug-likeness (QED) is 0.874. The van der Waals surface area contributed by atoms with Gasteiger partial charge < -0.3 is 10.0 Å². The van der Waals surface area contributed by atoms with Crippen LogP contribution in [0, 0.1) is 5.92 Å². The molecule has 6 nitrogen and oxygen atoms in total. The number of aliphatic hydroxyl groups excluding tert-OH is 1. The van der Waals surface area contributed by atoms with E-state index in [0.717, 1.165) is 6.42 Å². The van der Waals surface area contributed by atoms with Crippen molar-refractivity contribution in [3.63, 3.8) is 0 Å². The van der Waals surface area contributed by atoms with Gasteiger partial charge in [0.05, 0.1) is 12.6 Å². The molecule has 1 amide bonds. The van der Waals surface area contributed by atoms with Crippen molar-refractivity contribution in [3.05, 3.63) is 46.5 Å². The number of rotatable bonds is 2. The first-order valence-corrected chi connectivity index (χ1v) is 7.01. The summed E-state index contributed by atoms with van der Waals surface area (Å²) in [6.07, 6.45) is 3.76. The molecule has 3 heterocycles. The molecule has 0 radical (unpaired) electrons. The number of aliphatic hydroxyl groups is 1. The van der Waals surface area contributed by atoms with Gasteiger partial charge in [-0.15, -0.1) is 0 Å². The summed E-state index contributed by atoms with van der Waals surface area (Å²) in [5.74, 6) is -0.121. The first kappa shape index (κ1) is 13.8. The van der Waals surface area contributed by atoms with Gasteiger partial charge in [0.25, 0.3) is 11.5 Å². The van der Waals surface area contributed by atoms with Crippen LogP contribution in [-0.4, -0.2) is 44.5 Å². The van der Waals surface area contributed by atoms with E-state index >= 15 is 0 Å². The molecule has 6 heteroatoms. The van der Waals surface area contributed by atoms with Crippen molar-refractivity contribution in [2.75, 3.05) is 13.2 Å². The fourth-order valence-electron chi connectivity index (χ4n) is 2.87. The number of hydrogen-bond donors (Lipinski definition) is 1. The molecular weight excluding hydrogens is 270 g/mol. The zero-order valence-electron chi connectivity index (χ0n) is 11.8. The van der Waals surface area contributed by atoms with Crippen molar-refractivity contribution in [3.8, 4) is 0 Å². The first-order chi connectivity index (χ1) is 10.1. The molecule has 110 valence electrons. The summed E-state index contributed by atoms with van der Waals surface area (Å²) < 4.78 is 1.36. The number of carbonyl (C=O) groups is 1. The van der Waals surface area contributed by atoms with E-state index in [1.165, 1.54) is 10.6 Å². The molecule has 0 aliphatic carbocycles. The Kier molecular flexibility index (Phi) is 3.47. The van der Waals surface area contributed by atoms with Crippen LogP contribution in [0.4, 0.5) is 0 Å². The minimum atomic E-state index is -0.373. The highest BCUT2D eigenvalue weighted by molar-refractivity contribution is 5.94. The lowest BCUT2D eigenvalue weighted by atomic mass is 10.0. The second-order valence-electron chi connectivity index (χ2n) is 5.42. The van der Waals surface area contributed by atoms with E-state index < -0.39 is 0 Å². The number of amides is 1. The summed E-state index contributed by atoms with van der Waals surface area (Å²) in [6.45, 7) is 2.47. The Bertz CT molecular complexity index is 740. The van der Waals surface area contributed by atoms with Crippen LogP contribution in [0.5, 0.6) is 0 Å². The summed E-state index contributed by atoms with van der Waals surface area (Å²) in [4.78, 5) is 30.7. The molecule has 0 saturated carbocycles. The Balaban J connectivity index is 2.03. The molecule has 0 bridgehead atoms. The van der Waals surface area contributed by atoms with Crippen LogP contribution in [0.3, 0.4) is 0 Å². The van der Waals surface area contributed by atoms with Crippen LogP contribution < -0.4 is 5.56 Å². The summed E-state index contributed by atoms with van der Waals surface area (Å²) in [5, 5.41) is 9.45. The Hall–Kier alpha value is -2.21. The van der Waals surface area contributed by atoms with E-state index in [2.05, 4.69) is 4.98 Å². The second kappa shape index (κ2) is 5.29. The van der Waals surface area contributed by atoms with Gasteiger partial charge in [0, 0.05) is 18.9 Å². The van der Waals surface area contributed by atoms with Crippen LogP contribution in [0.15, 0.2) is 35.4 Å². The van der Waals surface area contributed by atoms with Gasteiger partial charge in [0.1, 0.15) is 11.2 Å². The third-order valence-corrected chi connectivity index (χ3v) is 4.17. The molecule has 0 spiro atoms. The highest BCUT2D eigenvalue weighted by Crippen LogP contribution is 2.24. The molecular formula is C15H17N3O3. The van der Waals surface area contributed by atoms with E-state index in [1.807, 2.05) is 6.92 Å². The number of fused-ring (bicyclic) bond motifs is 1. The molecule has 2 aromatic rings. The Morgan fingerprint density at radius 1 is 1.48 bits per heavy atom. The lowest BCUT2D eigenvalue weighted by Crippen LogP contribution is -2.42. The van der Waals surface area contributed by atoms with Crippen molar-refractivity contribution in [1.82, 2.24) is 14.3 Å². The predicted octanol–water partition coefficient (Wildman–Crippen LogP) is 0.537. The largest absolute Gasteiger partial charge is 0.394 e. The van der Waals surface area contributed by atoms with Crippen LogP contribution in [0.25, 0.3) is 5.65 Å². The van der Waals surface area contributed by atoms with Gasteiger partial charge in [-0.05, 0) is 24.5 Å². The van der Waals surface area contributed by atoms with Crippen molar-refractivity contribution in [2.45, 2.75) is 19.4 Å². The topological polar surface area (TPSA) is 74.9 Å². The van der Waals surface area contributed by atoms with Crippen molar-refractivity contribution in [1.29, 1.82) is 0 Å². The summed E-state index contributed by atoms with van der Waals surface area (Å²) in [7, 11) is 0. The van der Waals surface area contributed by atoms with Crippen molar-refractivity contribution >= 4 is 11.6 Å². The maximum Gasteiger partial charge on any atom is 0.270 e. The van der Waals surface area contributed by atoms with E-state index in [9.17, 15) is 14.7 Å². The van der Waals surface area contributed by atoms with Crippen LogP contribution in [0.2, 0.25) is 0 Å². The Morgan fingerprint density at radius 2 is 2.29 bits per heavy atom. The fourth-order valence-corrected chi connectivity index (χ4v) is 2.87. The lowest BCUT2D eigenvalue weighted by Gasteiger charge is -2.24. The molecule has 1 N–H and O–H groups in total. The van der Waals surface area contributed by atoms with E-state index in [-0.39, 0.29) is 35.6 Å². The van der Waals surface area contributed by atoms with Crippen LogP contribution in [-0.2, 0) is 0 Å². The molecule has 1 saturated heterocycles. The zero-order chi connectivity index (χ0) is 15.0. The Labute approximate surface area is 121 Å². The number of nitrogens with zero attached hydrogens (tertiary/aromatic N) is 3. The normalized spacial score (nSPS) is 21.9. The summed E-state index contributed by atoms with van der Waals surface area (Å²) in [5.41, 5.74) is 0.181. The Morgan fingerprint density at radius 3 is 3.05 bits per heavy atom. The average Bonchev–Trinajstić information content (AvgIpc) is 2.88.